The van der Waals surface area contributed by atoms with Crippen LogP contribution in [0.25, 0.3) is 0 Å². The van der Waals surface area contributed by atoms with Gasteiger partial charge in [0.1, 0.15) is 22.1 Å². The number of methoxy groups -OCH3 is 1. The summed E-state index contributed by atoms with van der Waals surface area (Å²) in [6, 6.07) is 18.1. The lowest BCUT2D eigenvalue weighted by Gasteiger charge is -2.12. The van der Waals surface area contributed by atoms with Gasteiger partial charge in [0.2, 0.25) is 0 Å². The van der Waals surface area contributed by atoms with Gasteiger partial charge in [0.15, 0.2) is 5.78 Å². The van der Waals surface area contributed by atoms with E-state index in [1.165, 1.54) is 6.07 Å². The summed E-state index contributed by atoms with van der Waals surface area (Å²) in [6.45, 7) is 1.78. The molecule has 6 nitrogen and oxygen atoms in total. The van der Waals surface area contributed by atoms with Crippen LogP contribution >= 0.6 is 0 Å². The molecule has 0 bridgehead atoms. The van der Waals surface area contributed by atoms with Crippen molar-refractivity contribution < 1.29 is 26.9 Å². The predicted molar refractivity (Wildman–Crippen MR) is 108 cm³/mol. The van der Waals surface area contributed by atoms with Gasteiger partial charge in [-0.05, 0) is 73.2 Å². The fourth-order valence-electron chi connectivity index (χ4n) is 2.70. The number of ether oxygens (including phenoxy) is 2. The molecular weight excluding hydrogens is 392 g/mol. The van der Waals surface area contributed by atoms with Crippen molar-refractivity contribution in [2.45, 2.75) is 11.8 Å². The molecule has 0 saturated heterocycles. The molecule has 0 aliphatic carbocycles. The molecule has 0 aliphatic rings. The van der Waals surface area contributed by atoms with E-state index in [4.69, 9.17) is 9.47 Å². The fourth-order valence-corrected chi connectivity index (χ4v) is 3.56. The Kier molecular flexibility index (Phi) is 6.00. The number of ketones is 1. The Morgan fingerprint density at radius 2 is 1.34 bits per heavy atom. The first kappa shape index (κ1) is 20.6. The molecule has 0 spiro atoms. The van der Waals surface area contributed by atoms with E-state index in [0.29, 0.717) is 22.6 Å². The van der Waals surface area contributed by atoms with Gasteiger partial charge in [-0.3, -0.25) is 8.98 Å². The molecule has 150 valence electrons. The van der Waals surface area contributed by atoms with Gasteiger partial charge in [0, 0.05) is 11.1 Å². The molecule has 0 N–H and O–H groups in total. The highest BCUT2D eigenvalue weighted by Crippen LogP contribution is 2.31. The van der Waals surface area contributed by atoms with E-state index in [-0.39, 0.29) is 16.4 Å². The zero-order valence-corrected chi connectivity index (χ0v) is 17.0. The van der Waals surface area contributed by atoms with Gasteiger partial charge in [-0.15, -0.1) is 0 Å². The van der Waals surface area contributed by atoms with Crippen molar-refractivity contribution in [1.29, 1.82) is 0 Å². The number of rotatable bonds is 7. The van der Waals surface area contributed by atoms with Crippen molar-refractivity contribution >= 4 is 15.9 Å². The third-order valence-electron chi connectivity index (χ3n) is 4.28. The van der Waals surface area contributed by atoms with Crippen LogP contribution in [0, 0.1) is 6.92 Å². The van der Waals surface area contributed by atoms with E-state index in [1.54, 1.807) is 74.7 Å². The topological polar surface area (TPSA) is 78.9 Å². The quantitative estimate of drug-likeness (QED) is 0.424. The third kappa shape index (κ3) is 4.64. The van der Waals surface area contributed by atoms with Crippen molar-refractivity contribution in [3.05, 3.63) is 83.4 Å². The minimum atomic E-state index is -3.92. The molecule has 0 heterocycles. The van der Waals surface area contributed by atoms with Gasteiger partial charge in [-0.2, -0.15) is 8.42 Å². The predicted octanol–water partition coefficient (Wildman–Crippen LogP) is 4.36. The van der Waals surface area contributed by atoms with Crippen LogP contribution in [0.15, 0.2) is 71.6 Å². The summed E-state index contributed by atoms with van der Waals surface area (Å²) >= 11 is 0. The van der Waals surface area contributed by atoms with Crippen LogP contribution in [0.3, 0.4) is 0 Å². The molecule has 0 aliphatic heterocycles. The van der Waals surface area contributed by atoms with E-state index in [0.717, 1.165) is 12.7 Å². The average molecular weight is 412 g/mol. The Hall–Kier alpha value is -3.16. The zero-order valence-electron chi connectivity index (χ0n) is 16.2. The van der Waals surface area contributed by atoms with Crippen LogP contribution in [-0.4, -0.2) is 28.4 Å². The molecule has 0 saturated carbocycles. The van der Waals surface area contributed by atoms with Crippen molar-refractivity contribution in [2.75, 3.05) is 14.2 Å². The largest absolute Gasteiger partial charge is 0.497 e. The number of hydrogen-bond donors (Lipinski definition) is 0. The molecule has 7 heteroatoms. The Morgan fingerprint density at radius 1 is 0.793 bits per heavy atom. The van der Waals surface area contributed by atoms with Gasteiger partial charge < -0.3 is 9.47 Å². The van der Waals surface area contributed by atoms with Gasteiger partial charge in [-0.1, -0.05) is 6.07 Å². The third-order valence-corrected chi connectivity index (χ3v) is 5.58. The summed E-state index contributed by atoms with van der Waals surface area (Å²) in [7, 11) is -1.26. The SMILES string of the molecule is COc1ccc(C(=O)c2ccc(Oc3ccc(C)cc3S(=O)(=O)OC)cc2)cc1. The highest BCUT2D eigenvalue weighted by Gasteiger charge is 2.20. The van der Waals surface area contributed by atoms with Gasteiger partial charge in [-0.25, -0.2) is 0 Å². The number of carbonyl (C=O) groups excluding carboxylic acids is 1. The molecule has 0 atom stereocenters. The highest BCUT2D eigenvalue weighted by molar-refractivity contribution is 7.86. The van der Waals surface area contributed by atoms with Gasteiger partial charge in [0.25, 0.3) is 10.1 Å². The summed E-state index contributed by atoms with van der Waals surface area (Å²) in [4.78, 5) is 12.5. The van der Waals surface area contributed by atoms with Crippen LogP contribution in [0.2, 0.25) is 0 Å². The fraction of sp³-hybridized carbons (Fsp3) is 0.136. The van der Waals surface area contributed by atoms with E-state index >= 15 is 0 Å². The second-order valence-electron chi connectivity index (χ2n) is 6.26. The normalized spacial score (nSPS) is 11.1. The van der Waals surface area contributed by atoms with Crippen molar-refractivity contribution in [3.8, 4) is 17.2 Å². The maximum absolute atomic E-state index is 12.6. The minimum absolute atomic E-state index is 0.0571. The molecule has 0 unspecified atom stereocenters. The number of hydrogen-bond acceptors (Lipinski definition) is 6. The second kappa shape index (κ2) is 8.46. The standard InChI is InChI=1S/C22H20O6S/c1-15-4-13-20(21(14-15)29(24,25)27-3)28-19-11-7-17(8-12-19)22(23)16-5-9-18(26-2)10-6-16/h4-14H,1-3H3. The Balaban J connectivity index is 1.83. The van der Waals surface area contributed by atoms with Crippen LogP contribution in [0.5, 0.6) is 17.2 Å². The minimum Gasteiger partial charge on any atom is -0.497 e. The number of benzene rings is 3. The second-order valence-corrected chi connectivity index (χ2v) is 7.94. The molecule has 0 fully saturated rings. The summed E-state index contributed by atoms with van der Waals surface area (Å²) in [6.07, 6.45) is 0. The van der Waals surface area contributed by atoms with Gasteiger partial charge >= 0.3 is 0 Å². The monoisotopic (exact) mass is 412 g/mol. The number of aryl methyl sites for hydroxylation is 1. The highest BCUT2D eigenvalue weighted by atomic mass is 32.2. The van der Waals surface area contributed by atoms with E-state index in [1.807, 2.05) is 0 Å². The summed E-state index contributed by atoms with van der Waals surface area (Å²) in [5.41, 5.74) is 1.77. The van der Waals surface area contributed by atoms with Gasteiger partial charge in [0.05, 0.1) is 14.2 Å². The Labute approximate surface area is 169 Å². The lowest BCUT2D eigenvalue weighted by Crippen LogP contribution is -2.05. The average Bonchev–Trinajstić information content (AvgIpc) is 2.75. The lowest BCUT2D eigenvalue weighted by atomic mass is 10.0. The molecule has 0 amide bonds. The van der Waals surface area contributed by atoms with Crippen molar-refractivity contribution in [3.63, 3.8) is 0 Å². The van der Waals surface area contributed by atoms with E-state index < -0.39 is 10.1 Å². The molecule has 29 heavy (non-hydrogen) atoms. The Bertz CT molecular complexity index is 1120. The molecule has 0 radical (unpaired) electrons. The molecule has 3 aromatic rings. The van der Waals surface area contributed by atoms with E-state index in [2.05, 4.69) is 4.18 Å². The zero-order chi connectivity index (χ0) is 21.0. The Morgan fingerprint density at radius 3 is 1.86 bits per heavy atom. The first-order valence-corrected chi connectivity index (χ1v) is 10.1. The van der Waals surface area contributed by atoms with Crippen molar-refractivity contribution in [1.82, 2.24) is 0 Å². The first-order valence-electron chi connectivity index (χ1n) is 8.72. The van der Waals surface area contributed by atoms with Crippen LogP contribution in [-0.2, 0) is 14.3 Å². The van der Waals surface area contributed by atoms with Crippen LogP contribution in [0.4, 0.5) is 0 Å². The molecule has 3 rings (SSSR count). The first-order chi connectivity index (χ1) is 13.8. The summed E-state index contributed by atoms with van der Waals surface area (Å²) in [5, 5.41) is 0. The lowest BCUT2D eigenvalue weighted by molar-refractivity contribution is 0.103. The van der Waals surface area contributed by atoms with Crippen LogP contribution < -0.4 is 9.47 Å². The van der Waals surface area contributed by atoms with E-state index in [9.17, 15) is 13.2 Å². The molecule has 3 aromatic carbocycles. The summed E-state index contributed by atoms with van der Waals surface area (Å²) in [5.74, 6) is 1.07. The maximum atomic E-state index is 12.6. The number of carbonyl (C=O) groups is 1. The van der Waals surface area contributed by atoms with Crippen molar-refractivity contribution in [2.24, 2.45) is 0 Å². The smallest absolute Gasteiger partial charge is 0.300 e. The summed E-state index contributed by atoms with van der Waals surface area (Å²) < 4.78 is 39.8. The maximum Gasteiger partial charge on any atom is 0.300 e. The van der Waals surface area contributed by atoms with Crippen LogP contribution in [0.1, 0.15) is 21.5 Å². The molecular formula is C22H20O6S. The molecule has 0 aromatic heterocycles.